The molecule has 1 N–H and O–H groups in total. The van der Waals surface area contributed by atoms with Gasteiger partial charge in [0.1, 0.15) is 18.1 Å². The van der Waals surface area contributed by atoms with Crippen LogP contribution >= 0.6 is 0 Å². The number of anilines is 1. The van der Waals surface area contributed by atoms with Gasteiger partial charge in [0, 0.05) is 19.2 Å². The lowest BCUT2D eigenvalue weighted by Crippen LogP contribution is -2.18. The highest BCUT2D eigenvalue weighted by atomic mass is 19.4. The van der Waals surface area contributed by atoms with E-state index in [0.717, 1.165) is 5.69 Å². The van der Waals surface area contributed by atoms with Crippen molar-refractivity contribution in [3.63, 3.8) is 0 Å². The van der Waals surface area contributed by atoms with Crippen LogP contribution in [-0.4, -0.2) is 40.2 Å². The minimum absolute atomic E-state index is 0.0405. The van der Waals surface area contributed by atoms with E-state index in [1.807, 2.05) is 0 Å². The number of rotatable bonds is 8. The lowest BCUT2D eigenvalue weighted by atomic mass is 10.2. The summed E-state index contributed by atoms with van der Waals surface area (Å²) in [6.07, 6.45) is -3.82. The molecule has 20 heavy (non-hydrogen) atoms. The SMILES string of the molecule is COc1ccc(OC)c(NCCCOCC(F)(F)F)c1. The molecule has 0 radical (unpaired) electrons. The zero-order chi connectivity index (χ0) is 15.0. The maximum atomic E-state index is 11.8. The van der Waals surface area contributed by atoms with Gasteiger partial charge in [0.25, 0.3) is 0 Å². The second-order valence-electron chi connectivity index (χ2n) is 4.01. The Balaban J connectivity index is 2.34. The van der Waals surface area contributed by atoms with Crippen LogP contribution in [0.2, 0.25) is 0 Å². The molecular formula is C13H18F3NO3. The first-order valence-electron chi connectivity index (χ1n) is 6.06. The molecule has 0 aliphatic heterocycles. The fourth-order valence-corrected chi connectivity index (χ4v) is 1.54. The molecule has 0 aliphatic rings. The number of hydrogen-bond donors (Lipinski definition) is 1. The normalized spacial score (nSPS) is 11.2. The van der Waals surface area contributed by atoms with Crippen LogP contribution < -0.4 is 14.8 Å². The van der Waals surface area contributed by atoms with Crippen molar-refractivity contribution in [3.05, 3.63) is 18.2 Å². The Morgan fingerprint density at radius 1 is 1.15 bits per heavy atom. The summed E-state index contributed by atoms with van der Waals surface area (Å²) in [5, 5.41) is 3.07. The Labute approximate surface area is 115 Å². The third-order valence-corrected chi connectivity index (χ3v) is 2.45. The van der Waals surface area contributed by atoms with Crippen LogP contribution in [0.4, 0.5) is 18.9 Å². The van der Waals surface area contributed by atoms with Crippen molar-refractivity contribution < 1.29 is 27.4 Å². The van der Waals surface area contributed by atoms with Crippen LogP contribution in [0.15, 0.2) is 18.2 Å². The Hall–Kier alpha value is -1.63. The molecule has 4 nitrogen and oxygen atoms in total. The predicted octanol–water partition coefficient (Wildman–Crippen LogP) is 3.08. The number of benzene rings is 1. The monoisotopic (exact) mass is 293 g/mol. The number of nitrogens with one attached hydrogen (secondary N) is 1. The molecule has 0 unspecified atom stereocenters. The van der Waals surface area contributed by atoms with E-state index < -0.39 is 12.8 Å². The Bertz CT molecular complexity index is 410. The van der Waals surface area contributed by atoms with E-state index in [0.29, 0.717) is 24.5 Å². The highest BCUT2D eigenvalue weighted by Gasteiger charge is 2.27. The average Bonchev–Trinajstić information content (AvgIpc) is 2.41. The van der Waals surface area contributed by atoms with Crippen molar-refractivity contribution in [2.24, 2.45) is 0 Å². The quantitative estimate of drug-likeness (QED) is 0.748. The third kappa shape index (κ3) is 6.01. The van der Waals surface area contributed by atoms with Gasteiger partial charge in [-0.3, -0.25) is 0 Å². The lowest BCUT2D eigenvalue weighted by molar-refractivity contribution is -0.173. The third-order valence-electron chi connectivity index (χ3n) is 2.45. The van der Waals surface area contributed by atoms with E-state index in [2.05, 4.69) is 10.1 Å². The Morgan fingerprint density at radius 3 is 2.50 bits per heavy atom. The molecule has 0 bridgehead atoms. The van der Waals surface area contributed by atoms with E-state index >= 15 is 0 Å². The molecule has 1 aromatic rings. The van der Waals surface area contributed by atoms with Crippen LogP contribution in [-0.2, 0) is 4.74 Å². The first-order valence-corrected chi connectivity index (χ1v) is 6.06. The van der Waals surface area contributed by atoms with Gasteiger partial charge in [-0.15, -0.1) is 0 Å². The summed E-state index contributed by atoms with van der Waals surface area (Å²) in [6, 6.07) is 5.27. The van der Waals surface area contributed by atoms with Gasteiger partial charge in [0.15, 0.2) is 0 Å². The lowest BCUT2D eigenvalue weighted by Gasteiger charge is -2.13. The Morgan fingerprint density at radius 2 is 1.90 bits per heavy atom. The summed E-state index contributed by atoms with van der Waals surface area (Å²) in [5.74, 6) is 1.31. The number of alkyl halides is 3. The molecule has 7 heteroatoms. The van der Waals surface area contributed by atoms with Crippen molar-refractivity contribution in [1.82, 2.24) is 0 Å². The van der Waals surface area contributed by atoms with Crippen LogP contribution in [0.25, 0.3) is 0 Å². The van der Waals surface area contributed by atoms with Gasteiger partial charge in [-0.1, -0.05) is 0 Å². The van der Waals surface area contributed by atoms with E-state index in [-0.39, 0.29) is 6.61 Å². The van der Waals surface area contributed by atoms with E-state index in [1.54, 1.807) is 32.4 Å². The summed E-state index contributed by atoms with van der Waals surface area (Å²) in [6.45, 7) is -0.699. The van der Waals surface area contributed by atoms with Gasteiger partial charge in [-0.05, 0) is 18.6 Å². The molecular weight excluding hydrogens is 275 g/mol. The second-order valence-corrected chi connectivity index (χ2v) is 4.01. The maximum absolute atomic E-state index is 11.8. The van der Waals surface area contributed by atoms with Crippen molar-refractivity contribution in [2.75, 3.05) is 39.3 Å². The van der Waals surface area contributed by atoms with Gasteiger partial charge in [-0.2, -0.15) is 13.2 Å². The molecule has 0 atom stereocenters. The zero-order valence-corrected chi connectivity index (χ0v) is 11.4. The van der Waals surface area contributed by atoms with Crippen molar-refractivity contribution in [1.29, 1.82) is 0 Å². The first kappa shape index (κ1) is 16.4. The molecule has 114 valence electrons. The minimum atomic E-state index is -4.27. The van der Waals surface area contributed by atoms with Gasteiger partial charge in [-0.25, -0.2) is 0 Å². The Kier molecular flexibility index (Phi) is 6.44. The van der Waals surface area contributed by atoms with Gasteiger partial charge >= 0.3 is 6.18 Å². The van der Waals surface area contributed by atoms with Gasteiger partial charge < -0.3 is 19.5 Å². The molecule has 0 aliphatic carbocycles. The van der Waals surface area contributed by atoms with Crippen molar-refractivity contribution in [3.8, 4) is 11.5 Å². The van der Waals surface area contributed by atoms with Crippen LogP contribution in [0.1, 0.15) is 6.42 Å². The predicted molar refractivity (Wildman–Crippen MR) is 69.5 cm³/mol. The molecule has 0 aromatic heterocycles. The summed E-state index contributed by atoms with van der Waals surface area (Å²) < 4.78 is 50.3. The highest BCUT2D eigenvalue weighted by molar-refractivity contribution is 5.59. The van der Waals surface area contributed by atoms with E-state index in [9.17, 15) is 13.2 Å². The fraction of sp³-hybridized carbons (Fsp3) is 0.538. The summed E-state index contributed by atoms with van der Waals surface area (Å²) >= 11 is 0. The molecule has 1 aromatic carbocycles. The standard InChI is InChI=1S/C13H18F3NO3/c1-18-10-4-5-12(19-2)11(8-10)17-6-3-7-20-9-13(14,15)16/h4-5,8,17H,3,6-7,9H2,1-2H3. The summed E-state index contributed by atoms with van der Waals surface area (Å²) in [4.78, 5) is 0. The number of methoxy groups -OCH3 is 2. The van der Waals surface area contributed by atoms with Crippen LogP contribution in [0, 0.1) is 0 Å². The van der Waals surface area contributed by atoms with Crippen LogP contribution in [0.3, 0.4) is 0 Å². The number of ether oxygens (including phenoxy) is 3. The number of hydrogen-bond acceptors (Lipinski definition) is 4. The van der Waals surface area contributed by atoms with Crippen molar-refractivity contribution >= 4 is 5.69 Å². The highest BCUT2D eigenvalue weighted by Crippen LogP contribution is 2.28. The second kappa shape index (κ2) is 7.84. The molecule has 0 saturated carbocycles. The largest absolute Gasteiger partial charge is 0.497 e. The van der Waals surface area contributed by atoms with Crippen LogP contribution in [0.5, 0.6) is 11.5 Å². The van der Waals surface area contributed by atoms with E-state index in [1.165, 1.54) is 0 Å². The zero-order valence-electron chi connectivity index (χ0n) is 11.4. The topological polar surface area (TPSA) is 39.7 Å². The maximum Gasteiger partial charge on any atom is 0.411 e. The average molecular weight is 293 g/mol. The summed E-state index contributed by atoms with van der Waals surface area (Å²) in [5.41, 5.74) is 0.725. The fourth-order valence-electron chi connectivity index (χ4n) is 1.54. The molecule has 0 fully saturated rings. The molecule has 0 heterocycles. The van der Waals surface area contributed by atoms with E-state index in [4.69, 9.17) is 9.47 Å². The van der Waals surface area contributed by atoms with Gasteiger partial charge in [0.05, 0.1) is 19.9 Å². The molecule has 0 spiro atoms. The molecule has 1 rings (SSSR count). The smallest absolute Gasteiger partial charge is 0.411 e. The minimum Gasteiger partial charge on any atom is -0.497 e. The van der Waals surface area contributed by atoms with Gasteiger partial charge in [0.2, 0.25) is 0 Å². The first-order chi connectivity index (χ1) is 9.46. The molecule has 0 amide bonds. The number of halogens is 3. The summed E-state index contributed by atoms with van der Waals surface area (Å²) in [7, 11) is 3.09. The molecule has 0 saturated heterocycles. The van der Waals surface area contributed by atoms with Crippen molar-refractivity contribution in [2.45, 2.75) is 12.6 Å².